The first kappa shape index (κ1) is 19.1. The number of para-hydroxylation sites is 2. The number of rotatable bonds is 6. The van der Waals surface area contributed by atoms with Crippen LogP contribution in [0, 0.1) is 12.8 Å². The maximum absolute atomic E-state index is 13.1. The van der Waals surface area contributed by atoms with Crippen LogP contribution in [-0.4, -0.2) is 38.6 Å². The van der Waals surface area contributed by atoms with Crippen molar-refractivity contribution in [1.29, 1.82) is 0 Å². The molecule has 1 atom stereocenters. The van der Waals surface area contributed by atoms with Gasteiger partial charge in [0.05, 0.1) is 10.9 Å². The highest BCUT2D eigenvalue weighted by molar-refractivity contribution is 5.77. The second-order valence-electron chi connectivity index (χ2n) is 8.72. The van der Waals surface area contributed by atoms with Gasteiger partial charge >= 0.3 is 5.76 Å². The van der Waals surface area contributed by atoms with E-state index in [4.69, 9.17) is 8.94 Å². The first-order valence-electron chi connectivity index (χ1n) is 10.7. The third-order valence-corrected chi connectivity index (χ3v) is 6.43. The molecule has 3 heterocycles. The maximum Gasteiger partial charge on any atom is 0.419 e. The number of nitrogens with zero attached hydrogens (tertiary/aromatic N) is 4. The fourth-order valence-electron chi connectivity index (χ4n) is 4.77. The molecule has 1 aliphatic heterocycles. The van der Waals surface area contributed by atoms with E-state index in [9.17, 15) is 9.59 Å². The summed E-state index contributed by atoms with van der Waals surface area (Å²) in [5, 5.41) is 4.24. The summed E-state index contributed by atoms with van der Waals surface area (Å²) in [6.07, 6.45) is 5.63. The van der Waals surface area contributed by atoms with Crippen molar-refractivity contribution < 1.29 is 13.7 Å². The highest BCUT2D eigenvalue weighted by Gasteiger charge is 2.45. The van der Waals surface area contributed by atoms with Gasteiger partial charge in [0, 0.05) is 33.0 Å². The fourth-order valence-corrected chi connectivity index (χ4v) is 4.77. The zero-order valence-corrected chi connectivity index (χ0v) is 17.2. The van der Waals surface area contributed by atoms with Crippen LogP contribution in [0.15, 0.2) is 38.0 Å². The van der Waals surface area contributed by atoms with Gasteiger partial charge in [-0.1, -0.05) is 30.1 Å². The number of aromatic nitrogens is 3. The Kier molecular flexibility index (Phi) is 4.72. The summed E-state index contributed by atoms with van der Waals surface area (Å²) in [4.78, 5) is 31.7. The standard InChI is InChI=1S/C22H26N4O4/c1-15-23-20(24-30-15)22(13-16-7-8-16)10-4-11-25(14-22)19(27)9-12-26-17-5-2-3-6-18(17)29-21(26)28/h2-3,5-6,16H,4,7-14H2,1H3. The molecule has 0 N–H and O–H groups in total. The molecule has 30 heavy (non-hydrogen) atoms. The summed E-state index contributed by atoms with van der Waals surface area (Å²) >= 11 is 0. The minimum atomic E-state index is -0.423. The molecule has 1 amide bonds. The lowest BCUT2D eigenvalue weighted by Gasteiger charge is -2.41. The van der Waals surface area contributed by atoms with Crippen LogP contribution in [0.3, 0.4) is 0 Å². The third-order valence-electron chi connectivity index (χ3n) is 6.43. The molecular weight excluding hydrogens is 384 g/mol. The molecule has 0 spiro atoms. The van der Waals surface area contributed by atoms with Gasteiger partial charge in [0.1, 0.15) is 0 Å². The van der Waals surface area contributed by atoms with Crippen LogP contribution >= 0.6 is 0 Å². The second-order valence-corrected chi connectivity index (χ2v) is 8.72. The molecule has 0 radical (unpaired) electrons. The molecule has 3 aromatic rings. The molecule has 8 heteroatoms. The van der Waals surface area contributed by atoms with Crippen LogP contribution in [0.5, 0.6) is 0 Å². The van der Waals surface area contributed by atoms with Gasteiger partial charge in [-0.15, -0.1) is 0 Å². The Morgan fingerprint density at radius 2 is 2.13 bits per heavy atom. The Bertz CT molecular complexity index is 1130. The average molecular weight is 410 g/mol. The Labute approximate surface area is 173 Å². The molecule has 1 aliphatic carbocycles. The minimum Gasteiger partial charge on any atom is -0.408 e. The van der Waals surface area contributed by atoms with E-state index in [1.54, 1.807) is 13.0 Å². The van der Waals surface area contributed by atoms with Crippen LogP contribution in [0.2, 0.25) is 0 Å². The monoisotopic (exact) mass is 410 g/mol. The molecule has 2 aromatic heterocycles. The van der Waals surface area contributed by atoms with Gasteiger partial charge in [-0.2, -0.15) is 4.98 Å². The molecule has 158 valence electrons. The minimum absolute atomic E-state index is 0.0484. The van der Waals surface area contributed by atoms with E-state index in [1.807, 2.05) is 23.1 Å². The molecule has 5 rings (SSSR count). The number of carbonyl (C=O) groups is 1. The van der Waals surface area contributed by atoms with Crippen LogP contribution in [0.25, 0.3) is 11.1 Å². The number of amides is 1. The van der Waals surface area contributed by atoms with Crippen LogP contribution in [0.1, 0.15) is 50.2 Å². The molecule has 1 saturated heterocycles. The lowest BCUT2D eigenvalue weighted by molar-refractivity contribution is -0.134. The van der Waals surface area contributed by atoms with Crippen LogP contribution in [-0.2, 0) is 16.8 Å². The zero-order chi connectivity index (χ0) is 20.7. The normalized spacial score (nSPS) is 22.0. The molecular formula is C22H26N4O4. The summed E-state index contributed by atoms with van der Waals surface area (Å²) < 4.78 is 12.1. The SMILES string of the molecule is Cc1nc(C2(CC3CC3)CCCN(C(=O)CCn3c(=O)oc4ccccc43)C2)no1. The quantitative estimate of drug-likeness (QED) is 0.620. The van der Waals surface area contributed by atoms with Gasteiger partial charge in [-0.05, 0) is 37.3 Å². The fraction of sp³-hybridized carbons (Fsp3) is 0.545. The first-order chi connectivity index (χ1) is 14.5. The zero-order valence-electron chi connectivity index (χ0n) is 17.2. The predicted octanol–water partition coefficient (Wildman–Crippen LogP) is 3.04. The highest BCUT2D eigenvalue weighted by Crippen LogP contribution is 2.45. The Hall–Kier alpha value is -2.90. The van der Waals surface area contributed by atoms with Crippen molar-refractivity contribution >= 4 is 17.0 Å². The van der Waals surface area contributed by atoms with Gasteiger partial charge < -0.3 is 13.8 Å². The first-order valence-corrected chi connectivity index (χ1v) is 10.7. The lowest BCUT2D eigenvalue weighted by Crippen LogP contribution is -2.49. The van der Waals surface area contributed by atoms with Crippen LogP contribution < -0.4 is 5.76 Å². The Morgan fingerprint density at radius 3 is 2.90 bits per heavy atom. The second kappa shape index (κ2) is 7.41. The maximum atomic E-state index is 13.1. The number of oxazole rings is 1. The van der Waals surface area contributed by atoms with Gasteiger partial charge in [-0.3, -0.25) is 9.36 Å². The van der Waals surface area contributed by atoms with E-state index >= 15 is 0 Å². The lowest BCUT2D eigenvalue weighted by atomic mass is 9.74. The summed E-state index contributed by atoms with van der Waals surface area (Å²) in [5.74, 6) is 1.62. The molecule has 1 aromatic carbocycles. The molecule has 2 aliphatic rings. The summed E-state index contributed by atoms with van der Waals surface area (Å²) in [6.45, 7) is 3.45. The summed E-state index contributed by atoms with van der Waals surface area (Å²) in [5.41, 5.74) is 1.04. The van der Waals surface area contributed by atoms with E-state index in [-0.39, 0.29) is 17.7 Å². The summed E-state index contributed by atoms with van der Waals surface area (Å²) in [6, 6.07) is 7.29. The van der Waals surface area contributed by atoms with Crippen molar-refractivity contribution in [2.45, 2.75) is 57.4 Å². The number of aryl methyl sites for hydroxylation is 2. The Balaban J connectivity index is 1.32. The van der Waals surface area contributed by atoms with Gasteiger partial charge in [0.15, 0.2) is 11.4 Å². The van der Waals surface area contributed by atoms with Crippen molar-refractivity contribution in [3.8, 4) is 0 Å². The molecule has 1 saturated carbocycles. The number of carbonyl (C=O) groups excluding carboxylic acids is 1. The topological polar surface area (TPSA) is 94.4 Å². The number of benzene rings is 1. The molecule has 2 fully saturated rings. The largest absolute Gasteiger partial charge is 0.419 e. The Morgan fingerprint density at radius 1 is 1.30 bits per heavy atom. The van der Waals surface area contributed by atoms with Crippen LogP contribution in [0.4, 0.5) is 0 Å². The van der Waals surface area contributed by atoms with Gasteiger partial charge in [0.2, 0.25) is 11.8 Å². The van der Waals surface area contributed by atoms with Gasteiger partial charge in [-0.25, -0.2) is 4.79 Å². The number of piperidine rings is 1. The average Bonchev–Trinajstić information content (AvgIpc) is 3.33. The van der Waals surface area contributed by atoms with Crippen molar-refractivity contribution in [3.05, 3.63) is 46.5 Å². The molecule has 0 bridgehead atoms. The molecule has 8 nitrogen and oxygen atoms in total. The smallest absolute Gasteiger partial charge is 0.408 e. The number of hydrogen-bond donors (Lipinski definition) is 0. The molecule has 1 unspecified atom stereocenters. The van der Waals surface area contributed by atoms with E-state index in [1.165, 1.54) is 17.4 Å². The highest BCUT2D eigenvalue weighted by atomic mass is 16.5. The van der Waals surface area contributed by atoms with Crippen molar-refractivity contribution in [2.24, 2.45) is 5.92 Å². The third kappa shape index (κ3) is 3.55. The van der Waals surface area contributed by atoms with E-state index in [0.717, 1.165) is 37.1 Å². The number of hydrogen-bond acceptors (Lipinski definition) is 6. The van der Waals surface area contributed by atoms with Gasteiger partial charge in [0.25, 0.3) is 0 Å². The predicted molar refractivity (Wildman–Crippen MR) is 109 cm³/mol. The van der Waals surface area contributed by atoms with E-state index in [0.29, 0.717) is 30.5 Å². The summed E-state index contributed by atoms with van der Waals surface area (Å²) in [7, 11) is 0. The van der Waals surface area contributed by atoms with E-state index in [2.05, 4.69) is 10.1 Å². The number of fused-ring (bicyclic) bond motifs is 1. The van der Waals surface area contributed by atoms with Crippen molar-refractivity contribution in [1.82, 2.24) is 19.6 Å². The van der Waals surface area contributed by atoms with Crippen molar-refractivity contribution in [3.63, 3.8) is 0 Å². The van der Waals surface area contributed by atoms with E-state index < -0.39 is 5.76 Å². The van der Waals surface area contributed by atoms with Crippen molar-refractivity contribution in [2.75, 3.05) is 13.1 Å². The number of likely N-dealkylation sites (tertiary alicyclic amines) is 1.